The van der Waals surface area contributed by atoms with Gasteiger partial charge in [0.25, 0.3) is 0 Å². The van der Waals surface area contributed by atoms with Crippen molar-refractivity contribution in [3.05, 3.63) is 34.1 Å². The van der Waals surface area contributed by atoms with Crippen molar-refractivity contribution in [3.63, 3.8) is 0 Å². The molecule has 1 aromatic carbocycles. The second kappa shape index (κ2) is 6.22. The number of aliphatic carboxylic acids is 1. The maximum atomic E-state index is 13.3. The van der Waals surface area contributed by atoms with Crippen LogP contribution in [0.5, 0.6) is 0 Å². The smallest absolute Gasteiger partial charge is 0.306 e. The Morgan fingerprint density at radius 3 is 2.80 bits per heavy atom. The summed E-state index contributed by atoms with van der Waals surface area (Å²) >= 11 is 3.21. The van der Waals surface area contributed by atoms with Crippen LogP contribution in [0.2, 0.25) is 0 Å². The molecule has 3 atom stereocenters. The Bertz CT molecular complexity index is 509. The van der Waals surface area contributed by atoms with E-state index in [4.69, 9.17) is 5.11 Å². The highest BCUT2D eigenvalue weighted by Gasteiger charge is 2.32. The summed E-state index contributed by atoms with van der Waals surface area (Å²) in [6, 6.07) is 5.42. The van der Waals surface area contributed by atoms with Gasteiger partial charge in [-0.3, -0.25) is 9.69 Å². The van der Waals surface area contributed by atoms with E-state index in [2.05, 4.69) is 34.7 Å². The summed E-state index contributed by atoms with van der Waals surface area (Å²) < 4.78 is 13.8. The molecule has 1 heterocycles. The van der Waals surface area contributed by atoms with Gasteiger partial charge in [-0.05, 0) is 66.9 Å². The van der Waals surface area contributed by atoms with Crippen LogP contribution in [-0.4, -0.2) is 28.6 Å². The first-order valence-electron chi connectivity index (χ1n) is 6.83. The number of rotatable bonds is 3. The third kappa shape index (κ3) is 3.20. The Labute approximate surface area is 126 Å². The normalized spacial score (nSPS) is 25.4. The van der Waals surface area contributed by atoms with Gasteiger partial charge in [0.05, 0.1) is 10.4 Å². The highest BCUT2D eigenvalue weighted by molar-refractivity contribution is 9.10. The quantitative estimate of drug-likeness (QED) is 0.906. The molecule has 1 aliphatic rings. The van der Waals surface area contributed by atoms with Gasteiger partial charge in [0, 0.05) is 12.1 Å². The van der Waals surface area contributed by atoms with Gasteiger partial charge < -0.3 is 5.11 Å². The summed E-state index contributed by atoms with van der Waals surface area (Å²) in [5, 5.41) is 9.10. The lowest BCUT2D eigenvalue weighted by molar-refractivity contribution is -0.144. The van der Waals surface area contributed by atoms with Crippen molar-refractivity contribution in [2.24, 2.45) is 5.92 Å². The van der Waals surface area contributed by atoms with Crippen molar-refractivity contribution in [2.75, 3.05) is 6.54 Å². The number of hydrogen-bond acceptors (Lipinski definition) is 2. The molecule has 0 aromatic heterocycles. The molecule has 1 saturated heterocycles. The zero-order valence-corrected chi connectivity index (χ0v) is 13.2. The molecule has 0 bridgehead atoms. The third-order valence-corrected chi connectivity index (χ3v) is 4.81. The van der Waals surface area contributed by atoms with Crippen LogP contribution < -0.4 is 0 Å². The van der Waals surface area contributed by atoms with E-state index < -0.39 is 5.97 Å². The van der Waals surface area contributed by atoms with E-state index in [0.717, 1.165) is 12.1 Å². The second-order valence-corrected chi connectivity index (χ2v) is 6.35. The van der Waals surface area contributed by atoms with Crippen molar-refractivity contribution < 1.29 is 14.3 Å². The Kier molecular flexibility index (Phi) is 4.81. The number of hydrogen-bond donors (Lipinski definition) is 1. The molecule has 3 unspecified atom stereocenters. The van der Waals surface area contributed by atoms with Crippen LogP contribution in [0.3, 0.4) is 0 Å². The number of piperidine rings is 1. The fraction of sp³-hybridized carbons (Fsp3) is 0.533. The fourth-order valence-electron chi connectivity index (χ4n) is 2.95. The van der Waals surface area contributed by atoms with Gasteiger partial charge in [-0.2, -0.15) is 0 Å². The number of likely N-dealkylation sites (tertiary alicyclic amines) is 1. The summed E-state index contributed by atoms with van der Waals surface area (Å²) in [5.74, 6) is -1.21. The molecule has 0 amide bonds. The molecule has 1 fully saturated rings. The van der Waals surface area contributed by atoms with Gasteiger partial charge in [-0.25, -0.2) is 4.39 Å². The van der Waals surface area contributed by atoms with Crippen molar-refractivity contribution in [2.45, 2.75) is 38.8 Å². The predicted molar refractivity (Wildman–Crippen MR) is 79.0 cm³/mol. The summed E-state index contributed by atoms with van der Waals surface area (Å²) in [4.78, 5) is 13.4. The standard InChI is InChI=1S/C15H19BrFNO2/c1-9-7-12(15(19)20)5-6-18(9)10(2)11-3-4-14(17)13(16)8-11/h3-4,8-10,12H,5-7H2,1-2H3,(H,19,20). The van der Waals surface area contributed by atoms with Crippen LogP contribution in [0.4, 0.5) is 4.39 Å². The highest BCUT2D eigenvalue weighted by Crippen LogP contribution is 2.32. The van der Waals surface area contributed by atoms with Gasteiger partial charge in [0.1, 0.15) is 5.82 Å². The molecular formula is C15H19BrFNO2. The van der Waals surface area contributed by atoms with Crippen LogP contribution in [-0.2, 0) is 4.79 Å². The summed E-state index contributed by atoms with van der Waals surface area (Å²) in [6.07, 6.45) is 1.34. The number of carbonyl (C=O) groups is 1. The molecule has 110 valence electrons. The lowest BCUT2D eigenvalue weighted by Crippen LogP contribution is -2.43. The largest absolute Gasteiger partial charge is 0.481 e. The van der Waals surface area contributed by atoms with Crippen molar-refractivity contribution in [1.29, 1.82) is 0 Å². The number of carboxylic acid groups (broad SMARTS) is 1. The van der Waals surface area contributed by atoms with Gasteiger partial charge in [-0.15, -0.1) is 0 Å². The second-order valence-electron chi connectivity index (χ2n) is 5.50. The molecule has 0 radical (unpaired) electrons. The van der Waals surface area contributed by atoms with E-state index in [1.54, 1.807) is 12.1 Å². The molecule has 1 N–H and O–H groups in total. The maximum Gasteiger partial charge on any atom is 0.306 e. The van der Waals surface area contributed by atoms with Crippen molar-refractivity contribution in [3.8, 4) is 0 Å². The average molecular weight is 344 g/mol. The molecule has 3 nitrogen and oxygen atoms in total. The van der Waals surface area contributed by atoms with Gasteiger partial charge >= 0.3 is 5.97 Å². The number of halogens is 2. The molecule has 5 heteroatoms. The fourth-order valence-corrected chi connectivity index (χ4v) is 3.35. The van der Waals surface area contributed by atoms with Crippen molar-refractivity contribution >= 4 is 21.9 Å². The topological polar surface area (TPSA) is 40.5 Å². The van der Waals surface area contributed by atoms with Crippen LogP contribution in [0.15, 0.2) is 22.7 Å². The van der Waals surface area contributed by atoms with E-state index in [1.165, 1.54) is 6.07 Å². The zero-order chi connectivity index (χ0) is 14.9. The maximum absolute atomic E-state index is 13.3. The zero-order valence-electron chi connectivity index (χ0n) is 11.6. The van der Waals surface area contributed by atoms with E-state index >= 15 is 0 Å². The Morgan fingerprint density at radius 1 is 1.55 bits per heavy atom. The minimum atomic E-state index is -0.700. The highest BCUT2D eigenvalue weighted by atomic mass is 79.9. The first-order chi connectivity index (χ1) is 9.40. The predicted octanol–water partition coefficient (Wildman–Crippen LogP) is 3.83. The molecule has 0 spiro atoms. The van der Waals surface area contributed by atoms with E-state index in [0.29, 0.717) is 17.3 Å². The minimum Gasteiger partial charge on any atom is -0.481 e. The molecule has 2 rings (SSSR count). The first-order valence-corrected chi connectivity index (χ1v) is 7.63. The molecule has 0 saturated carbocycles. The lowest BCUT2D eigenvalue weighted by Gasteiger charge is -2.40. The van der Waals surface area contributed by atoms with Gasteiger partial charge in [-0.1, -0.05) is 6.07 Å². The number of benzene rings is 1. The third-order valence-electron chi connectivity index (χ3n) is 4.20. The first kappa shape index (κ1) is 15.4. The minimum absolute atomic E-state index is 0.150. The summed E-state index contributed by atoms with van der Waals surface area (Å²) in [5.41, 5.74) is 1.04. The van der Waals surface area contributed by atoms with Crippen LogP contribution in [0.1, 0.15) is 38.3 Å². The Morgan fingerprint density at radius 2 is 2.25 bits per heavy atom. The summed E-state index contributed by atoms with van der Waals surface area (Å²) in [6.45, 7) is 4.90. The SMILES string of the molecule is CC1CC(C(=O)O)CCN1C(C)c1ccc(F)c(Br)c1. The number of nitrogens with zero attached hydrogens (tertiary/aromatic N) is 1. The lowest BCUT2D eigenvalue weighted by atomic mass is 9.89. The molecule has 1 aromatic rings. The Balaban J connectivity index is 2.11. The van der Waals surface area contributed by atoms with Crippen LogP contribution in [0, 0.1) is 11.7 Å². The van der Waals surface area contributed by atoms with E-state index in [9.17, 15) is 9.18 Å². The molecule has 1 aliphatic heterocycles. The van der Waals surface area contributed by atoms with Crippen LogP contribution >= 0.6 is 15.9 Å². The monoisotopic (exact) mass is 343 g/mol. The number of carboxylic acids is 1. The molecule has 20 heavy (non-hydrogen) atoms. The van der Waals surface area contributed by atoms with Crippen LogP contribution in [0.25, 0.3) is 0 Å². The van der Waals surface area contributed by atoms with Crippen molar-refractivity contribution in [1.82, 2.24) is 4.90 Å². The average Bonchev–Trinajstić information content (AvgIpc) is 2.41. The van der Waals surface area contributed by atoms with Gasteiger partial charge in [0.2, 0.25) is 0 Å². The van der Waals surface area contributed by atoms with E-state index in [1.807, 2.05) is 0 Å². The Hall–Kier alpha value is -0.940. The van der Waals surface area contributed by atoms with Gasteiger partial charge in [0.15, 0.2) is 0 Å². The molecular weight excluding hydrogens is 325 g/mol. The summed E-state index contributed by atoms with van der Waals surface area (Å²) in [7, 11) is 0. The molecule has 0 aliphatic carbocycles. The van der Waals surface area contributed by atoms with E-state index in [-0.39, 0.29) is 23.8 Å².